The Morgan fingerprint density at radius 1 is 1.18 bits per heavy atom. The zero-order valence-electron chi connectivity index (χ0n) is 16.7. The lowest BCUT2D eigenvalue weighted by Crippen LogP contribution is -2.52. The molecule has 1 heterocycles. The quantitative estimate of drug-likeness (QED) is 0.799. The molecule has 150 valence electrons. The van der Waals surface area contributed by atoms with Crippen molar-refractivity contribution in [1.29, 1.82) is 0 Å². The zero-order chi connectivity index (χ0) is 20.1. The Morgan fingerprint density at radius 2 is 1.93 bits per heavy atom. The Labute approximate surface area is 172 Å². The predicted molar refractivity (Wildman–Crippen MR) is 114 cm³/mol. The van der Waals surface area contributed by atoms with Crippen LogP contribution in [0.2, 0.25) is 5.02 Å². The van der Waals surface area contributed by atoms with Crippen LogP contribution in [-0.4, -0.2) is 55.0 Å². The highest BCUT2D eigenvalue weighted by Crippen LogP contribution is 2.28. The number of benzene rings is 2. The summed E-state index contributed by atoms with van der Waals surface area (Å²) in [5.41, 5.74) is 3.23. The highest BCUT2D eigenvalue weighted by molar-refractivity contribution is 6.31. The van der Waals surface area contributed by atoms with Gasteiger partial charge in [0.2, 0.25) is 5.91 Å². The number of aryl methyl sites for hydroxylation is 1. The molecule has 1 aliphatic heterocycles. The molecule has 0 aliphatic carbocycles. The molecule has 2 aromatic rings. The average molecular weight is 402 g/mol. The number of methoxy groups -OCH3 is 1. The molecule has 0 bridgehead atoms. The van der Waals surface area contributed by atoms with Gasteiger partial charge in [-0.1, -0.05) is 41.4 Å². The third-order valence-corrected chi connectivity index (χ3v) is 5.48. The van der Waals surface area contributed by atoms with Gasteiger partial charge in [-0.05, 0) is 37.6 Å². The molecule has 1 N–H and O–H groups in total. The zero-order valence-corrected chi connectivity index (χ0v) is 17.5. The van der Waals surface area contributed by atoms with Crippen LogP contribution in [0.25, 0.3) is 0 Å². The number of ether oxygens (including phenoxy) is 1. The van der Waals surface area contributed by atoms with Gasteiger partial charge in [-0.3, -0.25) is 14.6 Å². The summed E-state index contributed by atoms with van der Waals surface area (Å²) < 4.78 is 5.31. The van der Waals surface area contributed by atoms with Gasteiger partial charge in [0.25, 0.3) is 0 Å². The van der Waals surface area contributed by atoms with Gasteiger partial charge < -0.3 is 10.1 Å². The van der Waals surface area contributed by atoms with E-state index in [1.165, 1.54) is 11.1 Å². The van der Waals surface area contributed by atoms with Crippen molar-refractivity contribution in [2.24, 2.45) is 0 Å². The topological polar surface area (TPSA) is 44.8 Å². The summed E-state index contributed by atoms with van der Waals surface area (Å²) in [6.07, 6.45) is 0. The molecule has 1 atom stereocenters. The molecular weight excluding hydrogens is 374 g/mol. The van der Waals surface area contributed by atoms with Crippen molar-refractivity contribution in [3.63, 3.8) is 0 Å². The number of halogens is 1. The highest BCUT2D eigenvalue weighted by atomic mass is 35.5. The number of carbonyl (C=O) groups excluding carboxylic acids is 1. The number of nitrogens with one attached hydrogen (secondary N) is 1. The molecule has 0 aromatic heterocycles. The predicted octanol–water partition coefficient (Wildman–Crippen LogP) is 3.80. The van der Waals surface area contributed by atoms with E-state index in [-0.39, 0.29) is 11.9 Å². The van der Waals surface area contributed by atoms with E-state index in [1.807, 2.05) is 6.92 Å². The summed E-state index contributed by atoms with van der Waals surface area (Å²) in [5, 5.41) is 3.52. The number of anilines is 1. The number of nitrogens with zero attached hydrogens (tertiary/aromatic N) is 2. The second kappa shape index (κ2) is 9.41. The van der Waals surface area contributed by atoms with E-state index in [2.05, 4.69) is 46.3 Å². The first-order chi connectivity index (χ1) is 13.5. The third-order valence-electron chi connectivity index (χ3n) is 5.24. The van der Waals surface area contributed by atoms with Crippen molar-refractivity contribution in [3.8, 4) is 5.75 Å². The van der Waals surface area contributed by atoms with Crippen molar-refractivity contribution in [2.45, 2.75) is 26.4 Å². The molecule has 1 amide bonds. The molecule has 3 rings (SSSR count). The van der Waals surface area contributed by atoms with E-state index in [9.17, 15) is 4.79 Å². The van der Waals surface area contributed by atoms with Crippen LogP contribution in [0.3, 0.4) is 0 Å². The number of hydrogen-bond donors (Lipinski definition) is 1. The van der Waals surface area contributed by atoms with Crippen LogP contribution in [0.5, 0.6) is 5.75 Å². The smallest absolute Gasteiger partial charge is 0.241 e. The fourth-order valence-corrected chi connectivity index (χ4v) is 3.73. The van der Waals surface area contributed by atoms with Crippen LogP contribution in [-0.2, 0) is 11.3 Å². The Morgan fingerprint density at radius 3 is 2.61 bits per heavy atom. The Kier molecular flexibility index (Phi) is 6.94. The maximum absolute atomic E-state index is 12.7. The molecule has 6 heteroatoms. The number of piperazine rings is 1. The lowest BCUT2D eigenvalue weighted by molar-refractivity contribution is -0.121. The molecule has 0 unspecified atom stereocenters. The largest absolute Gasteiger partial charge is 0.495 e. The van der Waals surface area contributed by atoms with E-state index >= 15 is 0 Å². The summed E-state index contributed by atoms with van der Waals surface area (Å²) in [7, 11) is 1.58. The van der Waals surface area contributed by atoms with Gasteiger partial charge in [-0.25, -0.2) is 0 Å². The van der Waals surface area contributed by atoms with Crippen LogP contribution in [0.1, 0.15) is 18.1 Å². The van der Waals surface area contributed by atoms with E-state index in [4.69, 9.17) is 16.3 Å². The summed E-state index contributed by atoms with van der Waals surface area (Å²) >= 11 is 6.05. The molecule has 1 saturated heterocycles. The monoisotopic (exact) mass is 401 g/mol. The van der Waals surface area contributed by atoms with Crippen molar-refractivity contribution >= 4 is 23.2 Å². The second-order valence-corrected chi connectivity index (χ2v) is 7.75. The number of hydrogen-bond acceptors (Lipinski definition) is 4. The molecule has 28 heavy (non-hydrogen) atoms. The maximum atomic E-state index is 12.7. The molecule has 0 saturated carbocycles. The minimum absolute atomic E-state index is 0.0484. The maximum Gasteiger partial charge on any atom is 0.241 e. The number of carbonyl (C=O) groups is 1. The Balaban J connectivity index is 1.54. The highest BCUT2D eigenvalue weighted by Gasteiger charge is 2.26. The second-order valence-electron chi connectivity index (χ2n) is 7.31. The fraction of sp³-hybridized carbons (Fsp3) is 0.409. The van der Waals surface area contributed by atoms with Crippen molar-refractivity contribution in [1.82, 2.24) is 9.80 Å². The van der Waals surface area contributed by atoms with Gasteiger partial charge >= 0.3 is 0 Å². The third kappa shape index (κ3) is 5.25. The number of amides is 1. The number of rotatable bonds is 6. The minimum atomic E-state index is -0.218. The molecule has 1 fully saturated rings. The van der Waals surface area contributed by atoms with E-state index in [1.54, 1.807) is 25.3 Å². The molecule has 0 radical (unpaired) electrons. The van der Waals surface area contributed by atoms with Crippen LogP contribution < -0.4 is 10.1 Å². The molecule has 0 spiro atoms. The van der Waals surface area contributed by atoms with Crippen LogP contribution >= 0.6 is 11.6 Å². The first kappa shape index (κ1) is 20.6. The summed E-state index contributed by atoms with van der Waals surface area (Å²) in [4.78, 5) is 17.4. The normalized spacial score (nSPS) is 16.6. The van der Waals surface area contributed by atoms with Gasteiger partial charge in [0, 0.05) is 37.7 Å². The van der Waals surface area contributed by atoms with Crippen LogP contribution in [0.15, 0.2) is 42.5 Å². The van der Waals surface area contributed by atoms with E-state index in [0.29, 0.717) is 16.5 Å². The standard InChI is InChI=1S/C22H28ClN3O2/c1-16-5-4-6-18(13-16)15-25-9-11-26(12-10-25)17(2)22(27)24-20-14-19(23)7-8-21(20)28-3/h4-8,13-14,17H,9-12,15H2,1-3H3,(H,24,27)/t17-/m0/s1. The molecule has 1 aliphatic rings. The van der Waals surface area contributed by atoms with E-state index in [0.717, 1.165) is 32.7 Å². The average Bonchev–Trinajstić information content (AvgIpc) is 2.68. The lowest BCUT2D eigenvalue weighted by Gasteiger charge is -2.37. The summed E-state index contributed by atoms with van der Waals surface area (Å²) in [5.74, 6) is 0.556. The van der Waals surface area contributed by atoms with Crippen LogP contribution in [0.4, 0.5) is 5.69 Å². The van der Waals surface area contributed by atoms with Gasteiger partial charge in [0.15, 0.2) is 0 Å². The SMILES string of the molecule is COc1ccc(Cl)cc1NC(=O)[C@H](C)N1CCN(Cc2cccc(C)c2)CC1. The molecule has 5 nitrogen and oxygen atoms in total. The first-order valence-corrected chi connectivity index (χ1v) is 10.0. The first-order valence-electron chi connectivity index (χ1n) is 9.62. The van der Waals surface area contributed by atoms with Crippen molar-refractivity contribution in [3.05, 3.63) is 58.6 Å². The minimum Gasteiger partial charge on any atom is -0.495 e. The van der Waals surface area contributed by atoms with Gasteiger partial charge in [-0.2, -0.15) is 0 Å². The summed E-state index contributed by atoms with van der Waals surface area (Å²) in [6, 6.07) is 13.6. The van der Waals surface area contributed by atoms with Gasteiger partial charge in [0.1, 0.15) is 5.75 Å². The van der Waals surface area contributed by atoms with Crippen molar-refractivity contribution in [2.75, 3.05) is 38.6 Å². The van der Waals surface area contributed by atoms with Gasteiger partial charge in [-0.15, -0.1) is 0 Å². The fourth-order valence-electron chi connectivity index (χ4n) is 3.56. The summed E-state index contributed by atoms with van der Waals surface area (Å²) in [6.45, 7) is 8.66. The van der Waals surface area contributed by atoms with Crippen molar-refractivity contribution < 1.29 is 9.53 Å². The Hall–Kier alpha value is -2.08. The van der Waals surface area contributed by atoms with Crippen LogP contribution in [0, 0.1) is 6.92 Å². The van der Waals surface area contributed by atoms with E-state index < -0.39 is 0 Å². The lowest BCUT2D eigenvalue weighted by atomic mass is 10.1. The molecule has 2 aromatic carbocycles. The Bertz CT molecular complexity index is 819. The van der Waals surface area contributed by atoms with Gasteiger partial charge in [0.05, 0.1) is 18.8 Å². The molecular formula is C22H28ClN3O2.